The fourth-order valence-corrected chi connectivity index (χ4v) is 3.83. The first-order valence-electron chi connectivity index (χ1n) is 9.84. The van der Waals surface area contributed by atoms with Gasteiger partial charge in [-0.15, -0.1) is 5.10 Å². The van der Waals surface area contributed by atoms with Gasteiger partial charge in [0, 0.05) is 24.3 Å². The Morgan fingerprint density at radius 2 is 1.77 bits per heavy atom. The number of carbonyl (C=O) groups excluding carboxylic acids is 2. The molecule has 0 saturated carbocycles. The van der Waals surface area contributed by atoms with Gasteiger partial charge in [0.05, 0.1) is 10.7 Å². The molecular weight excluding hydrogens is 402 g/mol. The molecule has 0 atom stereocenters. The van der Waals surface area contributed by atoms with Crippen molar-refractivity contribution >= 4 is 29.1 Å². The molecular formula is C22H22ClN5O2. The Morgan fingerprint density at radius 1 is 1.03 bits per heavy atom. The molecule has 2 amide bonds. The maximum absolute atomic E-state index is 12.8. The van der Waals surface area contributed by atoms with Crippen LogP contribution in [0.25, 0.3) is 5.69 Å². The summed E-state index contributed by atoms with van der Waals surface area (Å²) in [6.45, 7) is 5.14. The molecule has 1 aliphatic rings. The van der Waals surface area contributed by atoms with Crippen LogP contribution in [0.15, 0.2) is 42.5 Å². The van der Waals surface area contributed by atoms with Gasteiger partial charge in [0.15, 0.2) is 0 Å². The minimum Gasteiger partial charge on any atom is -0.339 e. The predicted molar refractivity (Wildman–Crippen MR) is 115 cm³/mol. The van der Waals surface area contributed by atoms with Crippen molar-refractivity contribution in [2.75, 3.05) is 18.4 Å². The summed E-state index contributed by atoms with van der Waals surface area (Å²) < 4.78 is 1.54. The van der Waals surface area contributed by atoms with Gasteiger partial charge >= 0.3 is 0 Å². The third kappa shape index (κ3) is 3.80. The molecule has 0 aliphatic carbocycles. The first-order valence-corrected chi connectivity index (χ1v) is 10.2. The first kappa shape index (κ1) is 20.1. The molecule has 1 N–H and O–H groups in total. The van der Waals surface area contributed by atoms with E-state index in [9.17, 15) is 9.59 Å². The lowest BCUT2D eigenvalue weighted by atomic mass is 10.1. The van der Waals surface area contributed by atoms with E-state index in [4.69, 9.17) is 11.6 Å². The van der Waals surface area contributed by atoms with E-state index in [0.29, 0.717) is 27.8 Å². The number of aryl methyl sites for hydroxylation is 1. The number of hydrogen-bond acceptors (Lipinski definition) is 4. The Morgan fingerprint density at radius 3 is 2.50 bits per heavy atom. The minimum absolute atomic E-state index is 0.00179. The number of hydrogen-bond donors (Lipinski definition) is 1. The zero-order valence-electron chi connectivity index (χ0n) is 16.9. The summed E-state index contributed by atoms with van der Waals surface area (Å²) in [5.41, 5.74) is 2.54. The van der Waals surface area contributed by atoms with E-state index in [1.807, 2.05) is 30.0 Å². The number of likely N-dealkylation sites (tertiary alicyclic amines) is 1. The van der Waals surface area contributed by atoms with Gasteiger partial charge in [-0.3, -0.25) is 9.59 Å². The van der Waals surface area contributed by atoms with Crippen molar-refractivity contribution < 1.29 is 9.59 Å². The predicted octanol–water partition coefficient (Wildman–Crippen LogP) is 4.03. The van der Waals surface area contributed by atoms with Gasteiger partial charge in [-0.2, -0.15) is 0 Å². The van der Waals surface area contributed by atoms with Crippen LogP contribution in [0.2, 0.25) is 5.02 Å². The van der Waals surface area contributed by atoms with E-state index in [0.717, 1.165) is 31.5 Å². The standard InChI is InChI=1S/C22H22ClN5O2/c1-14-16(22(30)27-12-5-6-13-27)8-7-10-18(14)25-21(29)20-24-15(2)28(26-20)19-11-4-3-9-17(19)23/h3-4,7-11H,5-6,12-13H2,1-2H3,(H,25,29). The van der Waals surface area contributed by atoms with E-state index >= 15 is 0 Å². The van der Waals surface area contributed by atoms with E-state index < -0.39 is 5.91 Å². The maximum atomic E-state index is 12.8. The van der Waals surface area contributed by atoms with Crippen molar-refractivity contribution in [1.29, 1.82) is 0 Å². The summed E-state index contributed by atoms with van der Waals surface area (Å²) in [6.07, 6.45) is 2.06. The molecule has 3 aromatic rings. The van der Waals surface area contributed by atoms with E-state index in [2.05, 4.69) is 15.4 Å². The minimum atomic E-state index is -0.447. The smallest absolute Gasteiger partial charge is 0.295 e. The Bertz CT molecular complexity index is 1120. The number of nitrogens with one attached hydrogen (secondary N) is 1. The molecule has 1 aromatic heterocycles. The van der Waals surface area contributed by atoms with Gasteiger partial charge in [0.25, 0.3) is 11.8 Å². The van der Waals surface area contributed by atoms with Crippen LogP contribution in [0, 0.1) is 13.8 Å². The van der Waals surface area contributed by atoms with Crippen molar-refractivity contribution in [2.24, 2.45) is 0 Å². The highest BCUT2D eigenvalue weighted by molar-refractivity contribution is 6.32. The largest absolute Gasteiger partial charge is 0.339 e. The van der Waals surface area contributed by atoms with Gasteiger partial charge < -0.3 is 10.2 Å². The Kier molecular flexibility index (Phi) is 5.55. The first-order chi connectivity index (χ1) is 14.5. The zero-order chi connectivity index (χ0) is 21.3. The number of anilines is 1. The van der Waals surface area contributed by atoms with E-state index in [1.54, 1.807) is 31.2 Å². The highest BCUT2D eigenvalue weighted by Gasteiger charge is 2.23. The molecule has 1 fully saturated rings. The molecule has 7 nitrogen and oxygen atoms in total. The molecule has 0 radical (unpaired) electrons. The molecule has 154 valence electrons. The van der Waals surface area contributed by atoms with Crippen molar-refractivity contribution in [3.05, 3.63) is 70.3 Å². The van der Waals surface area contributed by atoms with Gasteiger partial charge in [0.2, 0.25) is 5.82 Å². The van der Waals surface area contributed by atoms with Crippen LogP contribution in [-0.4, -0.2) is 44.6 Å². The van der Waals surface area contributed by atoms with Gasteiger partial charge in [-0.25, -0.2) is 9.67 Å². The Hall–Kier alpha value is -3.19. The molecule has 2 aromatic carbocycles. The Balaban J connectivity index is 1.58. The fraction of sp³-hybridized carbons (Fsp3) is 0.273. The maximum Gasteiger partial charge on any atom is 0.295 e. The lowest BCUT2D eigenvalue weighted by Crippen LogP contribution is -2.28. The molecule has 30 heavy (non-hydrogen) atoms. The normalized spacial score (nSPS) is 13.5. The topological polar surface area (TPSA) is 80.1 Å². The highest BCUT2D eigenvalue weighted by atomic mass is 35.5. The van der Waals surface area contributed by atoms with Crippen molar-refractivity contribution in [1.82, 2.24) is 19.7 Å². The number of nitrogens with zero attached hydrogens (tertiary/aromatic N) is 4. The molecule has 1 saturated heterocycles. The summed E-state index contributed by atoms with van der Waals surface area (Å²) in [7, 11) is 0. The average Bonchev–Trinajstić information content (AvgIpc) is 3.40. The van der Waals surface area contributed by atoms with Crippen LogP contribution in [0.1, 0.15) is 45.2 Å². The Labute approximate surface area is 179 Å². The average molecular weight is 424 g/mol. The second-order valence-electron chi connectivity index (χ2n) is 7.28. The van der Waals surface area contributed by atoms with Crippen LogP contribution in [0.4, 0.5) is 5.69 Å². The third-order valence-corrected chi connectivity index (χ3v) is 5.58. The van der Waals surface area contributed by atoms with Crippen molar-refractivity contribution in [2.45, 2.75) is 26.7 Å². The third-order valence-electron chi connectivity index (χ3n) is 5.26. The number of aromatic nitrogens is 3. The van der Waals surface area contributed by atoms with Gasteiger partial charge in [0.1, 0.15) is 5.82 Å². The summed E-state index contributed by atoms with van der Waals surface area (Å²) >= 11 is 6.25. The summed E-state index contributed by atoms with van der Waals surface area (Å²) in [6, 6.07) is 12.6. The second kappa shape index (κ2) is 8.28. The molecule has 2 heterocycles. The summed E-state index contributed by atoms with van der Waals surface area (Å²) in [4.78, 5) is 31.7. The number of halogens is 1. The van der Waals surface area contributed by atoms with Crippen LogP contribution in [0.5, 0.6) is 0 Å². The monoisotopic (exact) mass is 423 g/mol. The molecule has 1 aliphatic heterocycles. The molecule has 0 spiro atoms. The molecule has 8 heteroatoms. The van der Waals surface area contributed by atoms with Crippen molar-refractivity contribution in [3.63, 3.8) is 0 Å². The van der Waals surface area contributed by atoms with Crippen LogP contribution < -0.4 is 5.32 Å². The van der Waals surface area contributed by atoms with Crippen LogP contribution in [0.3, 0.4) is 0 Å². The number of para-hydroxylation sites is 1. The van der Waals surface area contributed by atoms with Crippen LogP contribution in [-0.2, 0) is 0 Å². The van der Waals surface area contributed by atoms with E-state index in [-0.39, 0.29) is 11.7 Å². The quantitative estimate of drug-likeness (QED) is 0.687. The zero-order valence-corrected chi connectivity index (χ0v) is 17.6. The number of amides is 2. The second-order valence-corrected chi connectivity index (χ2v) is 7.68. The van der Waals surface area contributed by atoms with Crippen LogP contribution >= 0.6 is 11.6 Å². The SMILES string of the molecule is Cc1c(NC(=O)c2nc(C)n(-c3ccccc3Cl)n2)cccc1C(=O)N1CCCC1. The summed E-state index contributed by atoms with van der Waals surface area (Å²) in [5.74, 6) is 0.127. The van der Waals surface area contributed by atoms with E-state index in [1.165, 1.54) is 4.68 Å². The number of carbonyl (C=O) groups is 2. The lowest BCUT2D eigenvalue weighted by molar-refractivity contribution is 0.0791. The number of benzene rings is 2. The number of rotatable bonds is 4. The summed E-state index contributed by atoms with van der Waals surface area (Å²) in [5, 5.41) is 7.67. The molecule has 4 rings (SSSR count). The molecule has 0 unspecified atom stereocenters. The van der Waals surface area contributed by atoms with Crippen molar-refractivity contribution in [3.8, 4) is 5.69 Å². The lowest BCUT2D eigenvalue weighted by Gasteiger charge is -2.18. The van der Waals surface area contributed by atoms with Gasteiger partial charge in [-0.05, 0) is 56.5 Å². The fourth-order valence-electron chi connectivity index (χ4n) is 3.61. The molecule has 0 bridgehead atoms. The highest BCUT2D eigenvalue weighted by Crippen LogP contribution is 2.23. The van der Waals surface area contributed by atoms with Gasteiger partial charge in [-0.1, -0.05) is 29.8 Å².